The van der Waals surface area contributed by atoms with Gasteiger partial charge in [-0.05, 0) is 48.4 Å². The Morgan fingerprint density at radius 2 is 2.12 bits per heavy atom. The third-order valence-electron chi connectivity index (χ3n) is 3.74. The zero-order chi connectivity index (χ0) is 12.5. The van der Waals surface area contributed by atoms with Crippen molar-refractivity contribution in [3.8, 4) is 0 Å². The maximum atomic E-state index is 3.53. The van der Waals surface area contributed by atoms with E-state index in [0.29, 0.717) is 5.41 Å². The Hall–Kier alpha value is -0.500. The second-order valence-corrected chi connectivity index (χ2v) is 6.49. The summed E-state index contributed by atoms with van der Waals surface area (Å²) < 4.78 is 0. The number of benzene rings is 1. The van der Waals surface area contributed by atoms with E-state index >= 15 is 0 Å². The summed E-state index contributed by atoms with van der Waals surface area (Å²) in [6.45, 7) is 9.34. The van der Waals surface area contributed by atoms with E-state index in [4.69, 9.17) is 0 Å². The van der Waals surface area contributed by atoms with Crippen molar-refractivity contribution in [1.82, 2.24) is 0 Å². The fourth-order valence-electron chi connectivity index (χ4n) is 2.67. The lowest BCUT2D eigenvalue weighted by atomic mass is 9.84. The van der Waals surface area contributed by atoms with Gasteiger partial charge in [0.2, 0.25) is 0 Å². The molecule has 0 saturated carbocycles. The van der Waals surface area contributed by atoms with Crippen LogP contribution in [-0.4, -0.2) is 13.1 Å². The molecule has 2 rings (SSSR count). The highest BCUT2D eigenvalue weighted by Crippen LogP contribution is 2.32. The summed E-state index contributed by atoms with van der Waals surface area (Å²) in [4.78, 5) is 2.54. The third-order valence-corrected chi connectivity index (χ3v) is 4.34. The molecule has 1 aromatic rings. The first-order valence-electron chi connectivity index (χ1n) is 6.42. The molecular weight excluding hydrogens is 274 g/mol. The molecule has 0 amide bonds. The second-order valence-electron chi connectivity index (χ2n) is 5.93. The fraction of sp³-hybridized carbons (Fsp3) is 0.600. The van der Waals surface area contributed by atoms with Crippen LogP contribution in [0.2, 0.25) is 0 Å². The van der Waals surface area contributed by atoms with Gasteiger partial charge in [-0.1, -0.05) is 35.8 Å². The number of aryl methyl sites for hydroxylation is 1. The van der Waals surface area contributed by atoms with Crippen molar-refractivity contribution in [2.75, 3.05) is 18.0 Å². The highest BCUT2D eigenvalue weighted by Gasteiger charge is 2.26. The van der Waals surface area contributed by atoms with Gasteiger partial charge in [0.05, 0.1) is 0 Å². The maximum Gasteiger partial charge on any atom is 0.0369 e. The zero-order valence-electron chi connectivity index (χ0n) is 11.1. The lowest BCUT2D eigenvalue weighted by molar-refractivity contribution is 0.293. The Kier molecular flexibility index (Phi) is 3.82. The van der Waals surface area contributed by atoms with Crippen LogP contribution in [0.25, 0.3) is 0 Å². The lowest BCUT2D eigenvalue weighted by Gasteiger charge is -2.39. The summed E-state index contributed by atoms with van der Waals surface area (Å²) >= 11 is 3.53. The SMILES string of the molecule is Cc1cc(N2CCCC(C)(C)C2)ccc1CBr. The minimum atomic E-state index is 0.459. The molecule has 1 nitrogen and oxygen atoms in total. The van der Waals surface area contributed by atoms with Crippen LogP contribution in [0.3, 0.4) is 0 Å². The number of alkyl halides is 1. The molecule has 1 aliphatic heterocycles. The molecule has 0 unspecified atom stereocenters. The van der Waals surface area contributed by atoms with E-state index in [1.807, 2.05) is 0 Å². The Morgan fingerprint density at radius 3 is 2.71 bits per heavy atom. The molecule has 0 spiro atoms. The van der Waals surface area contributed by atoms with Gasteiger partial charge in [0.1, 0.15) is 0 Å². The van der Waals surface area contributed by atoms with Crippen molar-refractivity contribution in [2.24, 2.45) is 5.41 Å². The molecule has 94 valence electrons. The molecule has 17 heavy (non-hydrogen) atoms. The average Bonchev–Trinajstić information content (AvgIpc) is 2.27. The molecule has 1 aromatic carbocycles. The summed E-state index contributed by atoms with van der Waals surface area (Å²) in [5, 5.41) is 0.949. The molecule has 0 aliphatic carbocycles. The van der Waals surface area contributed by atoms with Gasteiger partial charge >= 0.3 is 0 Å². The van der Waals surface area contributed by atoms with Crippen LogP contribution in [0.4, 0.5) is 5.69 Å². The van der Waals surface area contributed by atoms with Crippen LogP contribution in [0, 0.1) is 12.3 Å². The Morgan fingerprint density at radius 1 is 1.35 bits per heavy atom. The molecule has 0 radical (unpaired) electrons. The average molecular weight is 296 g/mol. The van der Waals surface area contributed by atoms with Gasteiger partial charge in [0.15, 0.2) is 0 Å². The molecule has 1 fully saturated rings. The summed E-state index contributed by atoms with van der Waals surface area (Å²) in [7, 11) is 0. The standard InChI is InChI=1S/C15H22BrN/c1-12-9-14(6-5-13(12)10-16)17-8-4-7-15(2,3)11-17/h5-6,9H,4,7-8,10-11H2,1-3H3. The normalized spacial score (nSPS) is 19.4. The van der Waals surface area contributed by atoms with Gasteiger partial charge < -0.3 is 4.90 Å². The van der Waals surface area contributed by atoms with Crippen molar-refractivity contribution in [2.45, 2.75) is 38.9 Å². The predicted octanol–water partition coefficient (Wildman–Crippen LogP) is 4.52. The minimum absolute atomic E-state index is 0.459. The van der Waals surface area contributed by atoms with E-state index in [1.165, 1.54) is 42.7 Å². The summed E-state index contributed by atoms with van der Waals surface area (Å²) in [6.07, 6.45) is 2.66. The maximum absolute atomic E-state index is 3.53. The Balaban J connectivity index is 2.19. The highest BCUT2D eigenvalue weighted by atomic mass is 79.9. The number of anilines is 1. The largest absolute Gasteiger partial charge is 0.371 e. The third kappa shape index (κ3) is 3.04. The van der Waals surface area contributed by atoms with Crippen molar-refractivity contribution < 1.29 is 0 Å². The van der Waals surface area contributed by atoms with Gasteiger partial charge in [0, 0.05) is 24.1 Å². The molecule has 1 aliphatic rings. The molecule has 0 atom stereocenters. The van der Waals surface area contributed by atoms with Gasteiger partial charge in [-0.25, -0.2) is 0 Å². The predicted molar refractivity (Wildman–Crippen MR) is 79.0 cm³/mol. The van der Waals surface area contributed by atoms with Crippen LogP contribution in [0.1, 0.15) is 37.8 Å². The molecule has 0 N–H and O–H groups in total. The summed E-state index contributed by atoms with van der Waals surface area (Å²) in [5.41, 5.74) is 4.63. The summed E-state index contributed by atoms with van der Waals surface area (Å²) in [5.74, 6) is 0. The van der Waals surface area contributed by atoms with Crippen LogP contribution < -0.4 is 4.90 Å². The first kappa shape index (κ1) is 12.9. The first-order chi connectivity index (χ1) is 8.02. The van der Waals surface area contributed by atoms with Gasteiger partial charge in [-0.2, -0.15) is 0 Å². The van der Waals surface area contributed by atoms with Crippen molar-refractivity contribution in [1.29, 1.82) is 0 Å². The fourth-order valence-corrected chi connectivity index (χ4v) is 3.30. The smallest absolute Gasteiger partial charge is 0.0369 e. The van der Waals surface area contributed by atoms with Crippen LogP contribution >= 0.6 is 15.9 Å². The lowest BCUT2D eigenvalue weighted by Crippen LogP contribution is -2.40. The zero-order valence-corrected chi connectivity index (χ0v) is 12.7. The molecule has 1 heterocycles. The van der Waals surface area contributed by atoms with Gasteiger partial charge in [-0.15, -0.1) is 0 Å². The minimum Gasteiger partial charge on any atom is -0.371 e. The number of halogens is 1. The van der Waals surface area contributed by atoms with E-state index in [9.17, 15) is 0 Å². The monoisotopic (exact) mass is 295 g/mol. The van der Waals surface area contributed by atoms with Crippen molar-refractivity contribution >= 4 is 21.6 Å². The van der Waals surface area contributed by atoms with E-state index in [0.717, 1.165) is 5.33 Å². The summed E-state index contributed by atoms with van der Waals surface area (Å²) in [6, 6.07) is 6.85. The van der Waals surface area contributed by atoms with Crippen molar-refractivity contribution in [3.63, 3.8) is 0 Å². The number of piperidine rings is 1. The van der Waals surface area contributed by atoms with E-state index in [2.05, 4.69) is 59.8 Å². The Labute approximate surface area is 113 Å². The van der Waals surface area contributed by atoms with Crippen LogP contribution in [-0.2, 0) is 5.33 Å². The quantitative estimate of drug-likeness (QED) is 0.725. The Bertz CT molecular complexity index is 398. The van der Waals surface area contributed by atoms with Gasteiger partial charge in [0.25, 0.3) is 0 Å². The van der Waals surface area contributed by atoms with Gasteiger partial charge in [-0.3, -0.25) is 0 Å². The molecule has 0 bridgehead atoms. The first-order valence-corrected chi connectivity index (χ1v) is 7.54. The highest BCUT2D eigenvalue weighted by molar-refractivity contribution is 9.08. The van der Waals surface area contributed by atoms with E-state index in [1.54, 1.807) is 0 Å². The molecule has 0 aromatic heterocycles. The number of hydrogen-bond acceptors (Lipinski definition) is 1. The van der Waals surface area contributed by atoms with E-state index < -0.39 is 0 Å². The topological polar surface area (TPSA) is 3.24 Å². The molecule has 2 heteroatoms. The van der Waals surface area contributed by atoms with E-state index in [-0.39, 0.29) is 0 Å². The molecular formula is C15H22BrN. The van der Waals surface area contributed by atoms with Crippen molar-refractivity contribution in [3.05, 3.63) is 29.3 Å². The number of rotatable bonds is 2. The van der Waals surface area contributed by atoms with Crippen LogP contribution in [0.15, 0.2) is 18.2 Å². The van der Waals surface area contributed by atoms with Crippen LogP contribution in [0.5, 0.6) is 0 Å². The number of hydrogen-bond donors (Lipinski definition) is 0. The second kappa shape index (κ2) is 5.01. The molecule has 1 saturated heterocycles. The number of nitrogens with zero attached hydrogens (tertiary/aromatic N) is 1.